The topological polar surface area (TPSA) is 54.9 Å². The molecule has 4 aromatic rings. The minimum Gasteiger partial charge on any atom is -0.306 e. The van der Waals surface area contributed by atoms with Gasteiger partial charge in [0.2, 0.25) is 0 Å². The molecular formula is C22H22FN5O. The van der Waals surface area contributed by atoms with Crippen molar-refractivity contribution in [3.8, 4) is 11.3 Å². The first-order chi connectivity index (χ1) is 14.0. The van der Waals surface area contributed by atoms with E-state index in [0.29, 0.717) is 22.8 Å². The van der Waals surface area contributed by atoms with Crippen molar-refractivity contribution in [1.29, 1.82) is 0 Å². The molecule has 0 saturated carbocycles. The second-order valence-corrected chi connectivity index (χ2v) is 7.94. The summed E-state index contributed by atoms with van der Waals surface area (Å²) in [5.74, 6) is 0.0263. The third-order valence-corrected chi connectivity index (χ3v) is 5.79. The number of likely N-dealkylation sites (tertiary alicyclic amines) is 1. The summed E-state index contributed by atoms with van der Waals surface area (Å²) in [6.07, 6.45) is 7.60. The molecule has 29 heavy (non-hydrogen) atoms. The van der Waals surface area contributed by atoms with Gasteiger partial charge in [0.25, 0.3) is 5.56 Å². The summed E-state index contributed by atoms with van der Waals surface area (Å²) in [6, 6.07) is 6.79. The van der Waals surface area contributed by atoms with E-state index >= 15 is 0 Å². The molecule has 0 unspecified atom stereocenters. The highest BCUT2D eigenvalue weighted by Crippen LogP contribution is 2.27. The van der Waals surface area contributed by atoms with Gasteiger partial charge >= 0.3 is 0 Å². The van der Waals surface area contributed by atoms with Crippen molar-refractivity contribution >= 4 is 11.3 Å². The Balaban J connectivity index is 1.57. The molecule has 6 nitrogen and oxygen atoms in total. The van der Waals surface area contributed by atoms with E-state index in [4.69, 9.17) is 0 Å². The maximum absolute atomic E-state index is 14.4. The predicted molar refractivity (Wildman–Crippen MR) is 110 cm³/mol. The van der Waals surface area contributed by atoms with Crippen molar-refractivity contribution in [2.75, 3.05) is 20.1 Å². The Morgan fingerprint density at radius 3 is 2.66 bits per heavy atom. The number of imidazole rings is 1. The minimum atomic E-state index is -0.435. The van der Waals surface area contributed by atoms with Crippen LogP contribution in [-0.4, -0.2) is 43.8 Å². The number of aromatic nitrogens is 4. The number of hydrogen-bond acceptors (Lipinski definition) is 4. The molecule has 0 spiro atoms. The summed E-state index contributed by atoms with van der Waals surface area (Å²) in [4.78, 5) is 23.9. The number of hydrogen-bond donors (Lipinski definition) is 0. The fourth-order valence-corrected chi connectivity index (χ4v) is 4.17. The van der Waals surface area contributed by atoms with Gasteiger partial charge in [0.1, 0.15) is 5.65 Å². The van der Waals surface area contributed by atoms with Gasteiger partial charge in [-0.05, 0) is 63.5 Å². The highest BCUT2D eigenvalue weighted by molar-refractivity contribution is 5.63. The summed E-state index contributed by atoms with van der Waals surface area (Å²) in [7, 11) is 2.14. The Labute approximate surface area is 167 Å². The van der Waals surface area contributed by atoms with Crippen molar-refractivity contribution < 1.29 is 4.39 Å². The van der Waals surface area contributed by atoms with E-state index in [9.17, 15) is 9.18 Å². The fourth-order valence-electron chi connectivity index (χ4n) is 4.17. The molecule has 5 heterocycles. The van der Waals surface area contributed by atoms with Crippen LogP contribution in [0.1, 0.15) is 30.0 Å². The number of fused-ring (bicyclic) bond motifs is 2. The van der Waals surface area contributed by atoms with E-state index in [1.807, 2.05) is 19.2 Å². The van der Waals surface area contributed by atoms with Gasteiger partial charge in [-0.1, -0.05) is 6.07 Å². The van der Waals surface area contributed by atoms with E-state index in [0.717, 1.165) is 31.6 Å². The van der Waals surface area contributed by atoms with Crippen LogP contribution in [0.5, 0.6) is 0 Å². The van der Waals surface area contributed by atoms with Crippen LogP contribution in [0.4, 0.5) is 4.39 Å². The van der Waals surface area contributed by atoms with Gasteiger partial charge in [-0.3, -0.25) is 9.20 Å². The summed E-state index contributed by atoms with van der Waals surface area (Å²) in [5, 5.41) is 0. The zero-order chi connectivity index (χ0) is 20.1. The molecule has 1 saturated heterocycles. The van der Waals surface area contributed by atoms with E-state index in [2.05, 4.69) is 28.0 Å². The van der Waals surface area contributed by atoms with Gasteiger partial charge in [-0.2, -0.15) is 0 Å². The number of rotatable bonds is 2. The molecule has 0 atom stereocenters. The maximum Gasteiger partial charge on any atom is 0.258 e. The highest BCUT2D eigenvalue weighted by Gasteiger charge is 2.19. The van der Waals surface area contributed by atoms with Crippen LogP contribution in [0.2, 0.25) is 0 Å². The molecule has 0 amide bonds. The molecule has 0 radical (unpaired) electrons. The lowest BCUT2D eigenvalue weighted by atomic mass is 9.91. The van der Waals surface area contributed by atoms with Crippen LogP contribution in [-0.2, 0) is 0 Å². The van der Waals surface area contributed by atoms with Gasteiger partial charge < -0.3 is 9.30 Å². The first-order valence-corrected chi connectivity index (χ1v) is 9.85. The maximum atomic E-state index is 14.4. The smallest absolute Gasteiger partial charge is 0.258 e. The van der Waals surface area contributed by atoms with Crippen molar-refractivity contribution in [3.63, 3.8) is 0 Å². The summed E-state index contributed by atoms with van der Waals surface area (Å²) in [6.45, 7) is 3.95. The predicted octanol–water partition coefficient (Wildman–Crippen LogP) is 3.27. The van der Waals surface area contributed by atoms with E-state index in [1.54, 1.807) is 21.2 Å². The van der Waals surface area contributed by atoms with Crippen molar-refractivity contribution in [2.45, 2.75) is 25.7 Å². The SMILES string of the molecule is Cc1cn2cc(-c3cc(=O)n4cc(C5CCN(C)CC5)ccc4n3)cc(F)c2n1. The Morgan fingerprint density at radius 2 is 1.86 bits per heavy atom. The molecule has 4 aromatic heterocycles. The summed E-state index contributed by atoms with van der Waals surface area (Å²) < 4.78 is 17.7. The molecule has 1 aliphatic rings. The zero-order valence-corrected chi connectivity index (χ0v) is 16.5. The van der Waals surface area contributed by atoms with Crippen LogP contribution >= 0.6 is 0 Å². The third kappa shape index (κ3) is 3.21. The van der Waals surface area contributed by atoms with Gasteiger partial charge in [0.15, 0.2) is 11.5 Å². The van der Waals surface area contributed by atoms with Crippen molar-refractivity contribution in [2.24, 2.45) is 0 Å². The minimum absolute atomic E-state index is 0.165. The lowest BCUT2D eigenvalue weighted by Crippen LogP contribution is -2.29. The number of pyridine rings is 2. The van der Waals surface area contributed by atoms with Crippen LogP contribution in [0.25, 0.3) is 22.6 Å². The third-order valence-electron chi connectivity index (χ3n) is 5.79. The average molecular weight is 391 g/mol. The summed E-state index contributed by atoms with van der Waals surface area (Å²) in [5.41, 5.74) is 3.57. The van der Waals surface area contributed by atoms with Crippen LogP contribution in [0.15, 0.2) is 47.7 Å². The second kappa shape index (κ2) is 6.77. The molecule has 0 bridgehead atoms. The standard InChI is InChI=1S/C22H22FN5O/c1-14-11-27-12-17(9-18(23)22(27)24-14)19-10-21(29)28-13-16(3-4-20(28)25-19)15-5-7-26(2)8-6-15/h3-4,9-13,15H,5-8H2,1-2H3. The molecule has 1 aliphatic heterocycles. The van der Waals surface area contributed by atoms with Crippen molar-refractivity contribution in [3.05, 3.63) is 70.3 Å². The second-order valence-electron chi connectivity index (χ2n) is 7.94. The zero-order valence-electron chi connectivity index (χ0n) is 16.5. The molecule has 0 N–H and O–H groups in total. The number of nitrogens with zero attached hydrogens (tertiary/aromatic N) is 5. The van der Waals surface area contributed by atoms with Gasteiger partial charge in [-0.15, -0.1) is 0 Å². The lowest BCUT2D eigenvalue weighted by molar-refractivity contribution is 0.255. The fraction of sp³-hybridized carbons (Fsp3) is 0.318. The number of aryl methyl sites for hydroxylation is 1. The monoisotopic (exact) mass is 391 g/mol. The molecule has 7 heteroatoms. The Kier molecular flexibility index (Phi) is 4.20. The van der Waals surface area contributed by atoms with Crippen molar-refractivity contribution in [1.82, 2.24) is 23.7 Å². The van der Waals surface area contributed by atoms with Crippen LogP contribution in [0, 0.1) is 12.7 Å². The normalized spacial score (nSPS) is 16.1. The average Bonchev–Trinajstić information content (AvgIpc) is 3.09. The molecule has 0 aliphatic carbocycles. The lowest BCUT2D eigenvalue weighted by Gasteiger charge is -2.29. The van der Waals surface area contributed by atoms with Crippen LogP contribution in [0.3, 0.4) is 0 Å². The number of halogens is 1. The first kappa shape index (κ1) is 18.0. The quantitative estimate of drug-likeness (QED) is 0.526. The highest BCUT2D eigenvalue weighted by atomic mass is 19.1. The molecule has 0 aromatic carbocycles. The Morgan fingerprint density at radius 1 is 1.07 bits per heavy atom. The van der Waals surface area contributed by atoms with E-state index in [-0.39, 0.29) is 11.2 Å². The Hall–Kier alpha value is -3.06. The summed E-state index contributed by atoms with van der Waals surface area (Å²) >= 11 is 0. The van der Waals surface area contributed by atoms with Crippen LogP contribution < -0.4 is 5.56 Å². The largest absolute Gasteiger partial charge is 0.306 e. The Bertz CT molecular complexity index is 1280. The molecule has 148 valence electrons. The number of piperidine rings is 1. The molecule has 5 rings (SSSR count). The first-order valence-electron chi connectivity index (χ1n) is 9.85. The van der Waals surface area contributed by atoms with Gasteiger partial charge in [0, 0.05) is 30.2 Å². The van der Waals surface area contributed by atoms with Gasteiger partial charge in [0.05, 0.1) is 11.4 Å². The van der Waals surface area contributed by atoms with E-state index < -0.39 is 5.82 Å². The van der Waals surface area contributed by atoms with Gasteiger partial charge in [-0.25, -0.2) is 14.4 Å². The molecular weight excluding hydrogens is 369 g/mol. The van der Waals surface area contributed by atoms with E-state index in [1.165, 1.54) is 17.7 Å². The molecule has 1 fully saturated rings.